The maximum Gasteiger partial charge on any atom is 0.265 e. The third kappa shape index (κ3) is 5.03. The van der Waals surface area contributed by atoms with E-state index in [2.05, 4.69) is 15.7 Å². The van der Waals surface area contributed by atoms with Crippen molar-refractivity contribution >= 4 is 17.5 Å². The molecule has 7 nitrogen and oxygen atoms in total. The molecular formula is C17H19FN4O3. The number of rotatable bonds is 7. The van der Waals surface area contributed by atoms with Gasteiger partial charge in [-0.1, -0.05) is 0 Å². The van der Waals surface area contributed by atoms with Crippen molar-refractivity contribution in [3.05, 3.63) is 42.5 Å². The standard InChI is InChI=1S/C17H19FN4O3/c1-11(25-15-6-2-12(18)3-7-15)17(24)21-14-8-19-22(9-14)10-16(23)20-13-4-5-13/h2-3,6-9,11,13H,4-5,10H2,1H3,(H,20,23)(H,21,24). The lowest BCUT2D eigenvalue weighted by molar-refractivity contribution is -0.122. The molecule has 1 unspecified atom stereocenters. The molecule has 3 rings (SSSR count). The maximum absolute atomic E-state index is 12.9. The molecule has 0 saturated heterocycles. The molecule has 2 N–H and O–H groups in total. The van der Waals surface area contributed by atoms with E-state index in [1.54, 1.807) is 13.1 Å². The van der Waals surface area contributed by atoms with Gasteiger partial charge in [-0.05, 0) is 44.0 Å². The van der Waals surface area contributed by atoms with Gasteiger partial charge in [-0.3, -0.25) is 14.3 Å². The molecule has 0 radical (unpaired) electrons. The van der Waals surface area contributed by atoms with Gasteiger partial charge in [0, 0.05) is 12.2 Å². The summed E-state index contributed by atoms with van der Waals surface area (Å²) in [4.78, 5) is 23.9. The highest BCUT2D eigenvalue weighted by Gasteiger charge is 2.23. The smallest absolute Gasteiger partial charge is 0.265 e. The number of carbonyl (C=O) groups is 2. The Kier molecular flexibility index (Phi) is 4.97. The molecule has 1 atom stereocenters. The lowest BCUT2D eigenvalue weighted by Gasteiger charge is -2.13. The number of carbonyl (C=O) groups excluding carboxylic acids is 2. The zero-order chi connectivity index (χ0) is 17.8. The number of hydrogen-bond acceptors (Lipinski definition) is 4. The minimum atomic E-state index is -0.771. The fourth-order valence-corrected chi connectivity index (χ4v) is 2.18. The molecule has 1 fully saturated rings. The summed E-state index contributed by atoms with van der Waals surface area (Å²) >= 11 is 0. The molecule has 1 heterocycles. The van der Waals surface area contributed by atoms with Crippen LogP contribution in [0.25, 0.3) is 0 Å². The molecule has 8 heteroatoms. The number of aromatic nitrogens is 2. The van der Waals surface area contributed by atoms with Gasteiger partial charge in [0.05, 0.1) is 11.9 Å². The third-order valence-electron chi connectivity index (χ3n) is 3.64. The number of anilines is 1. The minimum Gasteiger partial charge on any atom is -0.481 e. The molecule has 0 aliphatic heterocycles. The summed E-state index contributed by atoms with van der Waals surface area (Å²) in [5, 5.41) is 9.58. The number of ether oxygens (including phenoxy) is 1. The Morgan fingerprint density at radius 1 is 1.36 bits per heavy atom. The molecule has 1 aliphatic rings. The Balaban J connectivity index is 1.49. The average molecular weight is 346 g/mol. The van der Waals surface area contributed by atoms with Crippen LogP contribution in [-0.2, 0) is 16.1 Å². The Morgan fingerprint density at radius 2 is 2.08 bits per heavy atom. The number of benzene rings is 1. The van der Waals surface area contributed by atoms with E-state index in [-0.39, 0.29) is 24.2 Å². The second-order valence-electron chi connectivity index (χ2n) is 5.97. The largest absolute Gasteiger partial charge is 0.481 e. The Hall–Kier alpha value is -2.90. The Morgan fingerprint density at radius 3 is 2.76 bits per heavy atom. The first-order valence-corrected chi connectivity index (χ1v) is 8.04. The fraction of sp³-hybridized carbons (Fsp3) is 0.353. The van der Waals surface area contributed by atoms with Crippen molar-refractivity contribution in [1.82, 2.24) is 15.1 Å². The lowest BCUT2D eigenvalue weighted by Crippen LogP contribution is -2.30. The average Bonchev–Trinajstić information content (AvgIpc) is 3.27. The highest BCUT2D eigenvalue weighted by Crippen LogP contribution is 2.18. The predicted molar refractivity (Wildman–Crippen MR) is 88.5 cm³/mol. The van der Waals surface area contributed by atoms with Crippen LogP contribution < -0.4 is 15.4 Å². The predicted octanol–water partition coefficient (Wildman–Crippen LogP) is 1.71. The molecule has 2 amide bonds. The van der Waals surface area contributed by atoms with Crippen molar-refractivity contribution in [2.45, 2.75) is 38.5 Å². The summed E-state index contributed by atoms with van der Waals surface area (Å²) < 4.78 is 19.8. The van der Waals surface area contributed by atoms with Crippen molar-refractivity contribution in [2.24, 2.45) is 0 Å². The van der Waals surface area contributed by atoms with Gasteiger partial charge in [-0.15, -0.1) is 0 Å². The second kappa shape index (κ2) is 7.33. The van der Waals surface area contributed by atoms with Gasteiger partial charge in [0.1, 0.15) is 18.1 Å². The molecule has 2 aromatic rings. The van der Waals surface area contributed by atoms with Crippen molar-refractivity contribution in [2.75, 3.05) is 5.32 Å². The summed E-state index contributed by atoms with van der Waals surface area (Å²) in [6.07, 6.45) is 4.32. The van der Waals surface area contributed by atoms with E-state index in [1.165, 1.54) is 35.1 Å². The van der Waals surface area contributed by atoms with E-state index < -0.39 is 6.10 Å². The SMILES string of the molecule is CC(Oc1ccc(F)cc1)C(=O)Nc1cnn(CC(=O)NC2CC2)c1. The molecule has 1 saturated carbocycles. The van der Waals surface area contributed by atoms with Crippen LogP contribution in [-0.4, -0.2) is 33.7 Å². The van der Waals surface area contributed by atoms with E-state index in [0.717, 1.165) is 12.8 Å². The molecule has 132 valence electrons. The second-order valence-corrected chi connectivity index (χ2v) is 5.97. The van der Waals surface area contributed by atoms with E-state index in [0.29, 0.717) is 17.5 Å². The Bertz CT molecular complexity index is 756. The van der Waals surface area contributed by atoms with Crippen LogP contribution in [0.1, 0.15) is 19.8 Å². The van der Waals surface area contributed by atoms with E-state index in [9.17, 15) is 14.0 Å². The topological polar surface area (TPSA) is 85.2 Å². The summed E-state index contributed by atoms with van der Waals surface area (Å²) in [6, 6.07) is 5.73. The Labute approximate surface area is 144 Å². The lowest BCUT2D eigenvalue weighted by atomic mass is 10.3. The molecule has 25 heavy (non-hydrogen) atoms. The maximum atomic E-state index is 12.9. The summed E-state index contributed by atoms with van der Waals surface area (Å²) in [7, 11) is 0. The molecule has 1 aliphatic carbocycles. The third-order valence-corrected chi connectivity index (χ3v) is 3.64. The van der Waals surface area contributed by atoms with Crippen LogP contribution in [0.15, 0.2) is 36.7 Å². The van der Waals surface area contributed by atoms with Gasteiger partial charge < -0.3 is 15.4 Å². The van der Waals surface area contributed by atoms with Crippen LogP contribution in [0.4, 0.5) is 10.1 Å². The molecule has 1 aromatic carbocycles. The monoisotopic (exact) mass is 346 g/mol. The van der Waals surface area contributed by atoms with Crippen LogP contribution >= 0.6 is 0 Å². The van der Waals surface area contributed by atoms with Crippen LogP contribution in [0, 0.1) is 5.82 Å². The normalized spacial score (nSPS) is 14.6. The van der Waals surface area contributed by atoms with Crippen LogP contribution in [0.5, 0.6) is 5.75 Å². The van der Waals surface area contributed by atoms with Crippen molar-refractivity contribution in [3.8, 4) is 5.75 Å². The first-order valence-electron chi connectivity index (χ1n) is 8.04. The molecule has 0 spiro atoms. The quantitative estimate of drug-likeness (QED) is 0.799. The number of halogens is 1. The van der Waals surface area contributed by atoms with Crippen molar-refractivity contribution < 1.29 is 18.7 Å². The van der Waals surface area contributed by atoms with Crippen LogP contribution in [0.3, 0.4) is 0 Å². The van der Waals surface area contributed by atoms with Crippen molar-refractivity contribution in [1.29, 1.82) is 0 Å². The van der Waals surface area contributed by atoms with Crippen LogP contribution in [0.2, 0.25) is 0 Å². The van der Waals surface area contributed by atoms with E-state index in [1.807, 2.05) is 0 Å². The van der Waals surface area contributed by atoms with Gasteiger partial charge in [0.25, 0.3) is 5.91 Å². The summed E-state index contributed by atoms with van der Waals surface area (Å²) in [6.45, 7) is 1.69. The highest BCUT2D eigenvalue weighted by atomic mass is 19.1. The highest BCUT2D eigenvalue weighted by molar-refractivity contribution is 5.93. The molecular weight excluding hydrogens is 327 g/mol. The molecule has 1 aromatic heterocycles. The first kappa shape index (κ1) is 16.9. The number of nitrogens with zero attached hydrogens (tertiary/aromatic N) is 2. The van der Waals surface area contributed by atoms with Gasteiger partial charge in [0.2, 0.25) is 5.91 Å². The van der Waals surface area contributed by atoms with Gasteiger partial charge in [-0.25, -0.2) is 4.39 Å². The van der Waals surface area contributed by atoms with Gasteiger partial charge in [-0.2, -0.15) is 5.10 Å². The van der Waals surface area contributed by atoms with E-state index in [4.69, 9.17) is 4.74 Å². The number of hydrogen-bond donors (Lipinski definition) is 2. The zero-order valence-electron chi connectivity index (χ0n) is 13.7. The summed E-state index contributed by atoms with van der Waals surface area (Å²) in [5.74, 6) is -0.443. The first-order chi connectivity index (χ1) is 12.0. The number of nitrogens with one attached hydrogen (secondary N) is 2. The zero-order valence-corrected chi connectivity index (χ0v) is 13.7. The van der Waals surface area contributed by atoms with Crippen molar-refractivity contribution in [3.63, 3.8) is 0 Å². The van der Waals surface area contributed by atoms with Gasteiger partial charge >= 0.3 is 0 Å². The summed E-state index contributed by atoms with van der Waals surface area (Å²) in [5.41, 5.74) is 0.471. The number of amides is 2. The van der Waals surface area contributed by atoms with E-state index >= 15 is 0 Å². The van der Waals surface area contributed by atoms with Gasteiger partial charge in [0.15, 0.2) is 6.10 Å². The minimum absolute atomic E-state index is 0.100. The molecule has 0 bridgehead atoms. The fourth-order valence-electron chi connectivity index (χ4n) is 2.18.